The van der Waals surface area contributed by atoms with Crippen LogP contribution in [0.4, 0.5) is 5.69 Å². The van der Waals surface area contributed by atoms with Crippen LogP contribution in [0.5, 0.6) is 5.75 Å². The van der Waals surface area contributed by atoms with Crippen molar-refractivity contribution in [1.29, 1.82) is 0 Å². The van der Waals surface area contributed by atoms with Gasteiger partial charge in [-0.3, -0.25) is 14.9 Å². The molecule has 0 aliphatic rings. The normalized spacial score (nSPS) is 9.45. The first kappa shape index (κ1) is 18.1. The van der Waals surface area contributed by atoms with Gasteiger partial charge in [-0.05, 0) is 32.1 Å². The Balaban J connectivity index is 0.00000361. The molecule has 0 saturated carbocycles. The van der Waals surface area contributed by atoms with Crippen molar-refractivity contribution in [3.8, 4) is 5.75 Å². The monoisotopic (exact) mass is 303 g/mol. The molecule has 20 heavy (non-hydrogen) atoms. The van der Waals surface area contributed by atoms with Gasteiger partial charge in [-0.2, -0.15) is 0 Å². The van der Waals surface area contributed by atoms with E-state index in [9.17, 15) is 14.9 Å². The predicted molar refractivity (Wildman–Crippen MR) is 77.4 cm³/mol. The van der Waals surface area contributed by atoms with Crippen molar-refractivity contribution in [3.05, 3.63) is 34.4 Å². The fraction of sp³-hybridized carbons (Fsp3) is 0.417. The summed E-state index contributed by atoms with van der Waals surface area (Å²) in [6.07, 6.45) is 0.847. The standard InChI is InChI=1S/C12H17N3O4.ClH/c1-13-7-2-8-14-12(16)9-19-11-5-3-10(4-6-11)15(17)18;/h3-6,13H,2,7-9H2,1H3,(H,14,16);1H. The van der Waals surface area contributed by atoms with E-state index in [4.69, 9.17) is 4.74 Å². The molecule has 0 aliphatic carbocycles. The number of nitrogens with one attached hydrogen (secondary N) is 2. The third-order valence-corrected chi connectivity index (χ3v) is 2.34. The zero-order valence-electron chi connectivity index (χ0n) is 11.1. The minimum absolute atomic E-state index is 0. The highest BCUT2D eigenvalue weighted by atomic mass is 35.5. The molecule has 0 radical (unpaired) electrons. The number of rotatable bonds is 8. The van der Waals surface area contributed by atoms with E-state index in [0.29, 0.717) is 12.3 Å². The molecule has 8 heteroatoms. The third-order valence-electron chi connectivity index (χ3n) is 2.34. The lowest BCUT2D eigenvalue weighted by atomic mass is 10.3. The van der Waals surface area contributed by atoms with Crippen LogP contribution in [0.15, 0.2) is 24.3 Å². The number of nitro groups is 1. The van der Waals surface area contributed by atoms with Gasteiger partial charge in [0.15, 0.2) is 6.61 Å². The Morgan fingerprint density at radius 1 is 1.30 bits per heavy atom. The van der Waals surface area contributed by atoms with Crippen LogP contribution in [0.25, 0.3) is 0 Å². The fourth-order valence-corrected chi connectivity index (χ4v) is 1.36. The summed E-state index contributed by atoms with van der Waals surface area (Å²) in [7, 11) is 1.85. The number of amides is 1. The van der Waals surface area contributed by atoms with Gasteiger partial charge in [0, 0.05) is 18.7 Å². The molecule has 1 rings (SSSR count). The van der Waals surface area contributed by atoms with Gasteiger partial charge in [0.25, 0.3) is 11.6 Å². The van der Waals surface area contributed by atoms with Crippen molar-refractivity contribution in [2.75, 3.05) is 26.7 Å². The Kier molecular flexibility index (Phi) is 9.06. The van der Waals surface area contributed by atoms with E-state index < -0.39 is 4.92 Å². The van der Waals surface area contributed by atoms with Crippen LogP contribution >= 0.6 is 12.4 Å². The van der Waals surface area contributed by atoms with Gasteiger partial charge in [-0.15, -0.1) is 12.4 Å². The molecule has 0 fully saturated rings. The SMILES string of the molecule is CNCCCNC(=O)COc1ccc([N+](=O)[O-])cc1.Cl. The topological polar surface area (TPSA) is 93.5 Å². The Hall–Kier alpha value is -1.86. The average Bonchev–Trinajstić information content (AvgIpc) is 2.42. The molecule has 1 aromatic carbocycles. The average molecular weight is 304 g/mol. The Labute approximate surface area is 123 Å². The number of non-ortho nitro benzene ring substituents is 1. The highest BCUT2D eigenvalue weighted by Crippen LogP contribution is 2.16. The summed E-state index contributed by atoms with van der Waals surface area (Å²) in [6.45, 7) is 1.32. The minimum atomic E-state index is -0.488. The summed E-state index contributed by atoms with van der Waals surface area (Å²) >= 11 is 0. The number of nitro benzene ring substituents is 1. The van der Waals surface area contributed by atoms with E-state index in [1.54, 1.807) is 0 Å². The zero-order chi connectivity index (χ0) is 14.1. The Morgan fingerprint density at radius 3 is 2.50 bits per heavy atom. The molecule has 112 valence electrons. The van der Waals surface area contributed by atoms with Gasteiger partial charge in [0.2, 0.25) is 0 Å². The molecule has 0 aromatic heterocycles. The summed E-state index contributed by atoms with van der Waals surface area (Å²) in [5, 5.41) is 16.1. The van der Waals surface area contributed by atoms with Crippen LogP contribution in [0.2, 0.25) is 0 Å². The number of nitrogens with zero attached hydrogens (tertiary/aromatic N) is 1. The molecule has 0 bridgehead atoms. The van der Waals surface area contributed by atoms with Gasteiger partial charge in [0.05, 0.1) is 4.92 Å². The number of benzene rings is 1. The van der Waals surface area contributed by atoms with Crippen LogP contribution in [-0.2, 0) is 4.79 Å². The summed E-state index contributed by atoms with van der Waals surface area (Å²) in [6, 6.07) is 5.60. The zero-order valence-corrected chi connectivity index (χ0v) is 11.9. The van der Waals surface area contributed by atoms with E-state index >= 15 is 0 Å². The summed E-state index contributed by atoms with van der Waals surface area (Å²) in [4.78, 5) is 21.3. The second-order valence-electron chi connectivity index (χ2n) is 3.85. The van der Waals surface area contributed by atoms with E-state index in [1.165, 1.54) is 24.3 Å². The van der Waals surface area contributed by atoms with E-state index in [-0.39, 0.29) is 30.6 Å². The van der Waals surface area contributed by atoms with Crippen LogP contribution in [0.1, 0.15) is 6.42 Å². The third kappa shape index (κ3) is 6.91. The van der Waals surface area contributed by atoms with Crippen molar-refractivity contribution in [1.82, 2.24) is 10.6 Å². The van der Waals surface area contributed by atoms with Crippen molar-refractivity contribution in [2.24, 2.45) is 0 Å². The first-order valence-electron chi connectivity index (χ1n) is 5.92. The first-order chi connectivity index (χ1) is 9.13. The number of carbonyl (C=O) groups excluding carboxylic acids is 1. The van der Waals surface area contributed by atoms with Crippen molar-refractivity contribution in [3.63, 3.8) is 0 Å². The van der Waals surface area contributed by atoms with E-state index in [1.807, 2.05) is 7.05 Å². The Morgan fingerprint density at radius 2 is 1.95 bits per heavy atom. The molecule has 1 aromatic rings. The van der Waals surface area contributed by atoms with E-state index in [0.717, 1.165) is 13.0 Å². The number of carbonyl (C=O) groups is 1. The molecule has 0 atom stereocenters. The number of hydrogen-bond donors (Lipinski definition) is 2. The molecule has 0 spiro atoms. The maximum atomic E-state index is 11.4. The minimum Gasteiger partial charge on any atom is -0.484 e. The van der Waals surface area contributed by atoms with Gasteiger partial charge in [-0.25, -0.2) is 0 Å². The van der Waals surface area contributed by atoms with Crippen molar-refractivity contribution < 1.29 is 14.5 Å². The quantitative estimate of drug-likeness (QED) is 0.426. The van der Waals surface area contributed by atoms with Gasteiger partial charge >= 0.3 is 0 Å². The van der Waals surface area contributed by atoms with Crippen LogP contribution in [0, 0.1) is 10.1 Å². The maximum absolute atomic E-state index is 11.4. The smallest absolute Gasteiger partial charge is 0.269 e. The number of halogens is 1. The highest BCUT2D eigenvalue weighted by molar-refractivity contribution is 5.85. The molecule has 7 nitrogen and oxygen atoms in total. The Bertz CT molecular complexity index is 425. The lowest BCUT2D eigenvalue weighted by Gasteiger charge is -2.07. The molecular weight excluding hydrogens is 286 g/mol. The van der Waals surface area contributed by atoms with Gasteiger partial charge in [-0.1, -0.05) is 0 Å². The van der Waals surface area contributed by atoms with Crippen LogP contribution < -0.4 is 15.4 Å². The van der Waals surface area contributed by atoms with Crippen molar-refractivity contribution in [2.45, 2.75) is 6.42 Å². The second-order valence-corrected chi connectivity index (χ2v) is 3.85. The lowest BCUT2D eigenvalue weighted by Crippen LogP contribution is -2.30. The summed E-state index contributed by atoms with van der Waals surface area (Å²) in [5.41, 5.74) is -0.0103. The molecule has 0 saturated heterocycles. The van der Waals surface area contributed by atoms with Gasteiger partial charge < -0.3 is 15.4 Å². The predicted octanol–water partition coefficient (Wildman–Crippen LogP) is 1.12. The fourth-order valence-electron chi connectivity index (χ4n) is 1.36. The largest absolute Gasteiger partial charge is 0.484 e. The van der Waals surface area contributed by atoms with Crippen LogP contribution in [-0.4, -0.2) is 37.6 Å². The van der Waals surface area contributed by atoms with E-state index in [2.05, 4.69) is 10.6 Å². The summed E-state index contributed by atoms with van der Waals surface area (Å²) in [5.74, 6) is 0.213. The first-order valence-corrected chi connectivity index (χ1v) is 5.92. The highest BCUT2D eigenvalue weighted by Gasteiger charge is 2.06. The van der Waals surface area contributed by atoms with Crippen LogP contribution in [0.3, 0.4) is 0 Å². The molecule has 1 amide bonds. The molecule has 0 unspecified atom stereocenters. The number of hydrogen-bond acceptors (Lipinski definition) is 5. The lowest BCUT2D eigenvalue weighted by molar-refractivity contribution is -0.384. The molecular formula is C12H18ClN3O4. The second kappa shape index (κ2) is 9.99. The number of ether oxygens (including phenoxy) is 1. The van der Waals surface area contributed by atoms with Crippen molar-refractivity contribution >= 4 is 24.0 Å². The molecule has 0 aliphatic heterocycles. The van der Waals surface area contributed by atoms with Gasteiger partial charge in [0.1, 0.15) is 5.75 Å². The maximum Gasteiger partial charge on any atom is 0.269 e. The molecule has 2 N–H and O–H groups in total. The summed E-state index contributed by atoms with van der Waals surface area (Å²) < 4.78 is 5.21. The molecule has 0 heterocycles.